The van der Waals surface area contributed by atoms with E-state index in [0.29, 0.717) is 6.61 Å². The summed E-state index contributed by atoms with van der Waals surface area (Å²) < 4.78 is 5.51. The predicted octanol–water partition coefficient (Wildman–Crippen LogP) is 2.94. The van der Waals surface area contributed by atoms with Crippen LogP contribution < -0.4 is 10.1 Å². The molecule has 0 fully saturated rings. The molecule has 1 heterocycles. The number of nitrogens with zero attached hydrogens (tertiary/aromatic N) is 1. The minimum atomic E-state index is 0.702. The van der Waals surface area contributed by atoms with Crippen molar-refractivity contribution in [2.24, 2.45) is 0 Å². The van der Waals surface area contributed by atoms with Gasteiger partial charge >= 0.3 is 0 Å². The van der Waals surface area contributed by atoms with E-state index in [9.17, 15) is 0 Å². The average Bonchev–Trinajstić information content (AvgIpc) is 2.78. The number of benzene rings is 1. The molecule has 0 atom stereocenters. The summed E-state index contributed by atoms with van der Waals surface area (Å²) >= 11 is 0. The van der Waals surface area contributed by atoms with Crippen molar-refractivity contribution in [1.82, 2.24) is 9.97 Å². The summed E-state index contributed by atoms with van der Waals surface area (Å²) in [5, 5.41) is 3.03. The number of hydrogen-bond donors (Lipinski definition) is 2. The molecule has 0 aliphatic rings. The summed E-state index contributed by atoms with van der Waals surface area (Å²) in [6.07, 6.45) is 1.90. The van der Waals surface area contributed by atoms with E-state index in [1.165, 1.54) is 5.56 Å². The van der Waals surface area contributed by atoms with Crippen molar-refractivity contribution in [3.8, 4) is 5.75 Å². The Morgan fingerprint density at radius 1 is 1.32 bits per heavy atom. The molecule has 0 aliphatic heterocycles. The molecule has 0 saturated carbocycles. The van der Waals surface area contributed by atoms with Crippen LogP contribution >= 0.6 is 0 Å². The van der Waals surface area contributed by atoms with E-state index in [1.807, 2.05) is 26.1 Å². The molecule has 1 aromatic heterocycles. The molecule has 2 N–H and O–H groups in total. The third kappa shape index (κ3) is 3.50. The highest BCUT2D eigenvalue weighted by Crippen LogP contribution is 2.16. The smallest absolute Gasteiger partial charge is 0.200 e. The van der Waals surface area contributed by atoms with E-state index in [-0.39, 0.29) is 0 Å². The average molecular weight is 259 g/mol. The largest absolute Gasteiger partial charge is 0.494 e. The van der Waals surface area contributed by atoms with Gasteiger partial charge in [-0.3, -0.25) is 0 Å². The van der Waals surface area contributed by atoms with E-state index >= 15 is 0 Å². The summed E-state index contributed by atoms with van der Waals surface area (Å²) in [6, 6.07) is 8.26. The van der Waals surface area contributed by atoms with E-state index < -0.39 is 0 Å². The Labute approximate surface area is 114 Å². The Morgan fingerprint density at radius 3 is 2.84 bits per heavy atom. The number of nitrogens with one attached hydrogen (secondary N) is 2. The normalized spacial score (nSPS) is 10.5. The maximum absolute atomic E-state index is 5.51. The lowest BCUT2D eigenvalue weighted by molar-refractivity contribution is 0.340. The number of anilines is 1. The fraction of sp³-hybridized carbons (Fsp3) is 0.400. The predicted molar refractivity (Wildman–Crippen MR) is 77.9 cm³/mol. The monoisotopic (exact) mass is 259 g/mol. The first kappa shape index (κ1) is 13.5. The minimum absolute atomic E-state index is 0.702. The molecule has 0 aliphatic carbocycles. The van der Waals surface area contributed by atoms with Gasteiger partial charge in [0.05, 0.1) is 12.3 Å². The lowest BCUT2D eigenvalue weighted by Gasteiger charge is -2.05. The molecule has 0 bridgehead atoms. The maximum atomic E-state index is 5.51. The summed E-state index contributed by atoms with van der Waals surface area (Å²) in [5.41, 5.74) is 3.52. The molecule has 0 radical (unpaired) electrons. The SMILES string of the molecule is CCOc1cccc(CCc2nc(NC)[nH]c2C)c1. The van der Waals surface area contributed by atoms with Gasteiger partial charge in [-0.2, -0.15) is 0 Å². The van der Waals surface area contributed by atoms with Crippen LogP contribution in [0.3, 0.4) is 0 Å². The van der Waals surface area contributed by atoms with Crippen LogP contribution in [-0.2, 0) is 12.8 Å². The summed E-state index contributed by atoms with van der Waals surface area (Å²) in [6.45, 7) is 4.76. The van der Waals surface area contributed by atoms with Crippen molar-refractivity contribution in [1.29, 1.82) is 0 Å². The van der Waals surface area contributed by atoms with Gasteiger partial charge in [0, 0.05) is 12.7 Å². The molecule has 0 spiro atoms. The Bertz CT molecular complexity index is 534. The zero-order valence-electron chi connectivity index (χ0n) is 11.8. The van der Waals surface area contributed by atoms with Crippen LogP contribution in [0, 0.1) is 6.92 Å². The first-order valence-electron chi connectivity index (χ1n) is 6.68. The van der Waals surface area contributed by atoms with E-state index in [1.54, 1.807) is 0 Å². The van der Waals surface area contributed by atoms with E-state index in [0.717, 1.165) is 35.9 Å². The van der Waals surface area contributed by atoms with Gasteiger partial charge in [0.1, 0.15) is 5.75 Å². The summed E-state index contributed by atoms with van der Waals surface area (Å²) in [5.74, 6) is 1.77. The molecule has 0 unspecified atom stereocenters. The molecule has 1 aromatic carbocycles. The van der Waals surface area contributed by atoms with Gasteiger partial charge < -0.3 is 15.0 Å². The second-order valence-corrected chi connectivity index (χ2v) is 4.49. The van der Waals surface area contributed by atoms with Gasteiger partial charge in [0.25, 0.3) is 0 Å². The quantitative estimate of drug-likeness (QED) is 0.838. The van der Waals surface area contributed by atoms with Crippen LogP contribution in [0.15, 0.2) is 24.3 Å². The van der Waals surface area contributed by atoms with Gasteiger partial charge in [0.15, 0.2) is 5.95 Å². The molecule has 0 amide bonds. The van der Waals surface area contributed by atoms with Gasteiger partial charge in [-0.1, -0.05) is 12.1 Å². The first-order chi connectivity index (χ1) is 9.22. The minimum Gasteiger partial charge on any atom is -0.494 e. The van der Waals surface area contributed by atoms with Crippen LogP contribution in [0.5, 0.6) is 5.75 Å². The van der Waals surface area contributed by atoms with Gasteiger partial charge in [-0.15, -0.1) is 0 Å². The second kappa shape index (κ2) is 6.27. The number of aromatic nitrogens is 2. The molecule has 19 heavy (non-hydrogen) atoms. The fourth-order valence-electron chi connectivity index (χ4n) is 2.08. The zero-order chi connectivity index (χ0) is 13.7. The van der Waals surface area contributed by atoms with Crippen LogP contribution in [0.25, 0.3) is 0 Å². The molecule has 2 aromatic rings. The van der Waals surface area contributed by atoms with Crippen LogP contribution in [-0.4, -0.2) is 23.6 Å². The topological polar surface area (TPSA) is 49.9 Å². The summed E-state index contributed by atoms with van der Waals surface area (Å²) in [4.78, 5) is 7.72. The van der Waals surface area contributed by atoms with Gasteiger partial charge in [0.2, 0.25) is 0 Å². The molecular weight excluding hydrogens is 238 g/mol. The number of rotatable bonds is 6. The lowest BCUT2D eigenvalue weighted by atomic mass is 10.1. The lowest BCUT2D eigenvalue weighted by Crippen LogP contribution is -1.96. The van der Waals surface area contributed by atoms with E-state index in [4.69, 9.17) is 4.74 Å². The fourth-order valence-corrected chi connectivity index (χ4v) is 2.08. The Balaban J connectivity index is 2.01. The van der Waals surface area contributed by atoms with Crippen molar-refractivity contribution in [3.63, 3.8) is 0 Å². The number of aryl methyl sites for hydroxylation is 3. The van der Waals surface area contributed by atoms with Gasteiger partial charge in [-0.05, 0) is 44.4 Å². The summed E-state index contributed by atoms with van der Waals surface area (Å²) in [7, 11) is 1.87. The van der Waals surface area contributed by atoms with Crippen molar-refractivity contribution in [3.05, 3.63) is 41.2 Å². The molecule has 102 valence electrons. The maximum Gasteiger partial charge on any atom is 0.200 e. The van der Waals surface area contributed by atoms with Crippen molar-refractivity contribution < 1.29 is 4.74 Å². The van der Waals surface area contributed by atoms with Crippen molar-refractivity contribution in [2.45, 2.75) is 26.7 Å². The molecule has 0 saturated heterocycles. The number of imidazole rings is 1. The highest BCUT2D eigenvalue weighted by atomic mass is 16.5. The Morgan fingerprint density at radius 2 is 2.16 bits per heavy atom. The molecule has 4 heteroatoms. The standard InChI is InChI=1S/C15H21N3O/c1-4-19-13-7-5-6-12(10-13)8-9-14-11(2)17-15(16-3)18-14/h5-7,10H,4,8-9H2,1-3H3,(H2,16,17,18). The zero-order valence-corrected chi connectivity index (χ0v) is 11.8. The molecule has 2 rings (SSSR count). The molecule has 4 nitrogen and oxygen atoms in total. The van der Waals surface area contributed by atoms with Crippen LogP contribution in [0.2, 0.25) is 0 Å². The number of H-pyrrole nitrogens is 1. The number of aromatic amines is 1. The Kier molecular flexibility index (Phi) is 4.44. The van der Waals surface area contributed by atoms with Gasteiger partial charge in [-0.25, -0.2) is 4.98 Å². The second-order valence-electron chi connectivity index (χ2n) is 4.49. The number of hydrogen-bond acceptors (Lipinski definition) is 3. The van der Waals surface area contributed by atoms with Crippen LogP contribution in [0.4, 0.5) is 5.95 Å². The van der Waals surface area contributed by atoms with E-state index in [2.05, 4.69) is 34.3 Å². The van der Waals surface area contributed by atoms with Crippen LogP contribution in [0.1, 0.15) is 23.9 Å². The third-order valence-corrected chi connectivity index (χ3v) is 3.08. The first-order valence-corrected chi connectivity index (χ1v) is 6.68. The highest BCUT2D eigenvalue weighted by Gasteiger charge is 2.06. The number of ether oxygens (including phenoxy) is 1. The molecular formula is C15H21N3O. The third-order valence-electron chi connectivity index (χ3n) is 3.08. The highest BCUT2D eigenvalue weighted by molar-refractivity contribution is 5.32. The Hall–Kier alpha value is -1.97. The van der Waals surface area contributed by atoms with Crippen molar-refractivity contribution in [2.75, 3.05) is 19.0 Å². The van der Waals surface area contributed by atoms with Crippen molar-refractivity contribution >= 4 is 5.95 Å².